The van der Waals surface area contributed by atoms with E-state index in [0.717, 1.165) is 0 Å². The number of ether oxygens (including phenoxy) is 1. The monoisotopic (exact) mass is 253 g/mol. The van der Waals surface area contributed by atoms with Gasteiger partial charge in [0.05, 0.1) is 12.7 Å². The molecular formula is C9H8ClN5O2. The number of carbonyl (C=O) groups is 1. The van der Waals surface area contributed by atoms with Crippen molar-refractivity contribution < 1.29 is 9.53 Å². The van der Waals surface area contributed by atoms with Crippen LogP contribution >= 0.6 is 11.6 Å². The summed E-state index contributed by atoms with van der Waals surface area (Å²) in [5, 5.41) is 9.01. The molecule has 7 nitrogen and oxygen atoms in total. The van der Waals surface area contributed by atoms with Crippen LogP contribution in [0.2, 0.25) is 5.15 Å². The molecule has 0 radical (unpaired) electrons. The molecule has 0 saturated carbocycles. The van der Waals surface area contributed by atoms with E-state index in [4.69, 9.17) is 16.3 Å². The Labute approximate surface area is 101 Å². The summed E-state index contributed by atoms with van der Waals surface area (Å²) < 4.78 is 4.76. The molecule has 1 amide bonds. The minimum Gasteiger partial charge on any atom is -0.466 e. The number of aromatic nitrogens is 4. The van der Waals surface area contributed by atoms with Crippen molar-refractivity contribution in [3.63, 3.8) is 0 Å². The van der Waals surface area contributed by atoms with Crippen LogP contribution in [0.5, 0.6) is 6.01 Å². The number of hydrogen-bond acceptors (Lipinski definition) is 5. The van der Waals surface area contributed by atoms with E-state index in [1.165, 1.54) is 19.4 Å². The Hall–Kier alpha value is -2.15. The number of nitrogens with zero attached hydrogens (tertiary/aromatic N) is 3. The summed E-state index contributed by atoms with van der Waals surface area (Å²) in [7, 11) is 1.43. The molecule has 0 saturated heterocycles. The highest BCUT2D eigenvalue weighted by atomic mass is 35.5. The lowest BCUT2D eigenvalue weighted by Gasteiger charge is -2.00. The Morgan fingerprint density at radius 2 is 2.35 bits per heavy atom. The average Bonchev–Trinajstić information content (AvgIpc) is 2.77. The van der Waals surface area contributed by atoms with Gasteiger partial charge in [0.2, 0.25) is 5.95 Å². The molecule has 8 heteroatoms. The van der Waals surface area contributed by atoms with Gasteiger partial charge in [-0.2, -0.15) is 4.98 Å². The number of nitrogens with one attached hydrogen (secondary N) is 2. The van der Waals surface area contributed by atoms with Gasteiger partial charge in [0.15, 0.2) is 0 Å². The third-order valence-electron chi connectivity index (χ3n) is 1.87. The number of hydrogen-bond donors (Lipinski definition) is 2. The van der Waals surface area contributed by atoms with Crippen molar-refractivity contribution in [2.24, 2.45) is 0 Å². The maximum Gasteiger partial charge on any atom is 0.336 e. The summed E-state index contributed by atoms with van der Waals surface area (Å²) in [5.41, 5.74) is 0.366. The van der Waals surface area contributed by atoms with E-state index < -0.39 is 0 Å². The standard InChI is InChI=1S/C9H8ClN5O2/c1-17-9-13-8(14-15-9)12-7(16)5-2-3-6(10)11-4-5/h2-4H,1H3,(H2,12,13,14,15,16). The number of amides is 1. The largest absolute Gasteiger partial charge is 0.466 e. The lowest BCUT2D eigenvalue weighted by molar-refractivity contribution is 0.102. The van der Waals surface area contributed by atoms with Crippen LogP contribution in [0.15, 0.2) is 18.3 Å². The quantitative estimate of drug-likeness (QED) is 0.800. The molecule has 0 aromatic carbocycles. The maximum atomic E-state index is 11.7. The molecule has 2 rings (SSSR count). The Kier molecular flexibility index (Phi) is 3.20. The van der Waals surface area contributed by atoms with Gasteiger partial charge in [0.1, 0.15) is 5.15 Å². The summed E-state index contributed by atoms with van der Waals surface area (Å²) in [6.45, 7) is 0. The van der Waals surface area contributed by atoms with Crippen molar-refractivity contribution in [1.82, 2.24) is 20.2 Å². The van der Waals surface area contributed by atoms with Crippen LogP contribution in [-0.2, 0) is 0 Å². The van der Waals surface area contributed by atoms with E-state index in [-0.39, 0.29) is 17.9 Å². The zero-order valence-corrected chi connectivity index (χ0v) is 9.52. The molecule has 0 aliphatic heterocycles. The second-order valence-electron chi connectivity index (χ2n) is 2.99. The van der Waals surface area contributed by atoms with Crippen molar-refractivity contribution in [2.45, 2.75) is 0 Å². The first-order valence-corrected chi connectivity index (χ1v) is 4.96. The van der Waals surface area contributed by atoms with Gasteiger partial charge in [0.25, 0.3) is 5.91 Å². The van der Waals surface area contributed by atoms with E-state index in [2.05, 4.69) is 25.5 Å². The fourth-order valence-corrected chi connectivity index (χ4v) is 1.20. The fourth-order valence-electron chi connectivity index (χ4n) is 1.08. The van der Waals surface area contributed by atoms with Crippen molar-refractivity contribution in [3.05, 3.63) is 29.0 Å². The van der Waals surface area contributed by atoms with Gasteiger partial charge in [-0.1, -0.05) is 11.6 Å². The predicted octanol–water partition coefficient (Wildman–Crippen LogP) is 1.11. The summed E-state index contributed by atoms with van der Waals surface area (Å²) in [4.78, 5) is 19.3. The number of aromatic amines is 1. The Bertz CT molecular complexity index is 524. The lowest BCUT2D eigenvalue weighted by atomic mass is 10.3. The molecule has 0 atom stereocenters. The minimum absolute atomic E-state index is 0.148. The average molecular weight is 254 g/mol. The molecule has 2 aromatic rings. The van der Waals surface area contributed by atoms with Crippen molar-refractivity contribution in [3.8, 4) is 6.01 Å². The zero-order valence-electron chi connectivity index (χ0n) is 8.77. The highest BCUT2D eigenvalue weighted by molar-refractivity contribution is 6.29. The molecule has 0 bridgehead atoms. The van der Waals surface area contributed by atoms with Gasteiger partial charge in [-0.25, -0.2) is 10.1 Å². The molecule has 0 unspecified atom stereocenters. The van der Waals surface area contributed by atoms with Crippen LogP contribution < -0.4 is 10.1 Å². The van der Waals surface area contributed by atoms with Crippen LogP contribution in [0.3, 0.4) is 0 Å². The third kappa shape index (κ3) is 2.70. The van der Waals surface area contributed by atoms with Gasteiger partial charge in [0, 0.05) is 6.20 Å². The second-order valence-corrected chi connectivity index (χ2v) is 3.38. The molecule has 0 spiro atoms. The Balaban J connectivity index is 2.08. The summed E-state index contributed by atoms with van der Waals surface area (Å²) in [6.07, 6.45) is 1.37. The zero-order chi connectivity index (χ0) is 12.3. The highest BCUT2D eigenvalue weighted by Gasteiger charge is 2.09. The number of carbonyl (C=O) groups excluding carboxylic acids is 1. The second kappa shape index (κ2) is 4.79. The van der Waals surface area contributed by atoms with Crippen molar-refractivity contribution in [2.75, 3.05) is 12.4 Å². The number of rotatable bonds is 3. The third-order valence-corrected chi connectivity index (χ3v) is 2.09. The summed E-state index contributed by atoms with van der Waals surface area (Å²) >= 11 is 5.61. The van der Waals surface area contributed by atoms with E-state index >= 15 is 0 Å². The summed E-state index contributed by atoms with van der Waals surface area (Å²) in [6, 6.07) is 3.23. The number of anilines is 1. The summed E-state index contributed by atoms with van der Waals surface area (Å²) in [5.74, 6) is -0.172. The molecule has 88 valence electrons. The molecule has 17 heavy (non-hydrogen) atoms. The molecule has 2 heterocycles. The molecule has 0 fully saturated rings. The number of methoxy groups -OCH3 is 1. The Morgan fingerprint density at radius 3 is 2.94 bits per heavy atom. The molecule has 0 aliphatic carbocycles. The smallest absolute Gasteiger partial charge is 0.336 e. The Morgan fingerprint density at radius 1 is 1.53 bits per heavy atom. The normalized spacial score (nSPS) is 10.0. The predicted molar refractivity (Wildman–Crippen MR) is 60.1 cm³/mol. The first-order chi connectivity index (χ1) is 8.19. The first-order valence-electron chi connectivity index (χ1n) is 4.58. The molecular weight excluding hydrogens is 246 g/mol. The van der Waals surface area contributed by atoms with Gasteiger partial charge < -0.3 is 4.74 Å². The maximum absolute atomic E-state index is 11.7. The lowest BCUT2D eigenvalue weighted by Crippen LogP contribution is -2.13. The van der Waals surface area contributed by atoms with Gasteiger partial charge in [-0.15, -0.1) is 5.10 Å². The molecule has 2 N–H and O–H groups in total. The minimum atomic E-state index is -0.368. The van der Waals surface area contributed by atoms with Gasteiger partial charge in [-0.05, 0) is 12.1 Å². The van der Waals surface area contributed by atoms with Crippen LogP contribution in [0.25, 0.3) is 0 Å². The van der Waals surface area contributed by atoms with E-state index in [1.54, 1.807) is 6.07 Å². The van der Waals surface area contributed by atoms with Gasteiger partial charge in [-0.3, -0.25) is 10.1 Å². The first kappa shape index (κ1) is 11.3. The van der Waals surface area contributed by atoms with Crippen LogP contribution in [-0.4, -0.2) is 33.2 Å². The van der Waals surface area contributed by atoms with E-state index in [1.807, 2.05) is 0 Å². The number of pyridine rings is 1. The van der Waals surface area contributed by atoms with Crippen LogP contribution in [0.4, 0.5) is 5.95 Å². The van der Waals surface area contributed by atoms with Gasteiger partial charge >= 0.3 is 6.01 Å². The van der Waals surface area contributed by atoms with E-state index in [9.17, 15) is 4.79 Å². The van der Waals surface area contributed by atoms with E-state index in [0.29, 0.717) is 10.7 Å². The van der Waals surface area contributed by atoms with Crippen LogP contribution in [0, 0.1) is 0 Å². The molecule has 2 aromatic heterocycles. The fraction of sp³-hybridized carbons (Fsp3) is 0.111. The molecule has 0 aliphatic rings. The SMILES string of the molecule is COc1n[nH]c(NC(=O)c2ccc(Cl)nc2)n1. The number of H-pyrrole nitrogens is 1. The number of halogens is 1. The van der Waals surface area contributed by atoms with Crippen LogP contribution in [0.1, 0.15) is 10.4 Å². The topological polar surface area (TPSA) is 92.8 Å². The van der Waals surface area contributed by atoms with Crippen molar-refractivity contribution >= 4 is 23.5 Å². The van der Waals surface area contributed by atoms with Crippen molar-refractivity contribution in [1.29, 1.82) is 0 Å². The highest BCUT2D eigenvalue weighted by Crippen LogP contribution is 2.09.